The van der Waals surface area contributed by atoms with Crippen LogP contribution in [0.5, 0.6) is 5.75 Å². The summed E-state index contributed by atoms with van der Waals surface area (Å²) in [7, 11) is 1.60. The first-order chi connectivity index (χ1) is 17.5. The Balaban J connectivity index is 0.00000400. The van der Waals surface area contributed by atoms with Crippen molar-refractivity contribution in [1.29, 1.82) is 0 Å². The smallest absolute Gasteiger partial charge is 0.256 e. The number of rotatable bonds is 8. The van der Waals surface area contributed by atoms with Gasteiger partial charge in [0.2, 0.25) is 11.4 Å². The summed E-state index contributed by atoms with van der Waals surface area (Å²) in [6.45, 7) is 7.40. The zero-order chi connectivity index (χ0) is 26.9. The van der Waals surface area contributed by atoms with E-state index in [9.17, 15) is 14.7 Å². The number of halogens is 1. The number of aromatic nitrogens is 3. The van der Waals surface area contributed by atoms with E-state index in [1.807, 2.05) is 18.2 Å². The molecule has 12 heteroatoms. The maximum Gasteiger partial charge on any atom is 0.256 e. The van der Waals surface area contributed by atoms with Crippen molar-refractivity contribution in [3.8, 4) is 5.75 Å². The Labute approximate surface area is 227 Å². The van der Waals surface area contributed by atoms with Gasteiger partial charge in [0, 0.05) is 31.0 Å². The molecule has 38 heavy (non-hydrogen) atoms. The number of nitrogens with one attached hydrogen (secondary N) is 1. The Morgan fingerprint density at radius 3 is 2.55 bits per heavy atom. The highest BCUT2D eigenvalue weighted by atomic mass is 35.5. The predicted molar refractivity (Wildman–Crippen MR) is 152 cm³/mol. The molecule has 1 amide bonds. The highest BCUT2D eigenvalue weighted by Crippen LogP contribution is 2.33. The number of fused-ring (bicyclic) bond motifs is 1. The molecular weight excluding hydrogens is 510 g/mol. The van der Waals surface area contributed by atoms with E-state index in [0.29, 0.717) is 11.4 Å². The normalized spacial score (nSPS) is 14.3. The van der Waals surface area contributed by atoms with Crippen LogP contribution in [0, 0.1) is 5.92 Å². The topological polar surface area (TPSA) is 162 Å². The number of hydrogen-bond donors (Lipinski definition) is 4. The number of primary amides is 1. The summed E-state index contributed by atoms with van der Waals surface area (Å²) in [4.78, 5) is 36.0. The van der Waals surface area contributed by atoms with Gasteiger partial charge in [0.15, 0.2) is 5.65 Å². The van der Waals surface area contributed by atoms with Crippen LogP contribution in [0.15, 0.2) is 29.2 Å². The number of amides is 1. The molecule has 0 unspecified atom stereocenters. The molecule has 206 valence electrons. The van der Waals surface area contributed by atoms with Gasteiger partial charge in [-0.05, 0) is 44.7 Å². The molecule has 1 aromatic carbocycles. The highest BCUT2D eigenvalue weighted by Gasteiger charge is 2.25. The molecule has 0 spiro atoms. The fraction of sp³-hybridized carbons (Fsp3) is 0.462. The first kappa shape index (κ1) is 29.0. The average molecular weight is 546 g/mol. The van der Waals surface area contributed by atoms with Crippen LogP contribution in [0.1, 0.15) is 50.4 Å². The van der Waals surface area contributed by atoms with Gasteiger partial charge < -0.3 is 36.1 Å². The van der Waals surface area contributed by atoms with E-state index in [1.165, 1.54) is 30.0 Å². The van der Waals surface area contributed by atoms with Crippen molar-refractivity contribution >= 4 is 52.5 Å². The molecule has 3 heterocycles. The Morgan fingerprint density at radius 1 is 1.29 bits per heavy atom. The van der Waals surface area contributed by atoms with Crippen molar-refractivity contribution in [1.82, 2.24) is 14.5 Å². The van der Waals surface area contributed by atoms with E-state index >= 15 is 0 Å². The maximum atomic E-state index is 12.9. The number of carbonyl (C=O) groups is 1. The van der Waals surface area contributed by atoms with Crippen LogP contribution < -0.4 is 31.8 Å². The lowest BCUT2D eigenvalue weighted by molar-refractivity contribution is 0.0629. The molecule has 11 nitrogen and oxygen atoms in total. The van der Waals surface area contributed by atoms with E-state index in [2.05, 4.69) is 27.1 Å². The number of hydrogen-bond acceptors (Lipinski definition) is 9. The minimum absolute atomic E-state index is 0. The molecule has 4 rings (SSSR count). The Kier molecular flexibility index (Phi) is 8.73. The summed E-state index contributed by atoms with van der Waals surface area (Å²) in [6, 6.07) is 5.92. The first-order valence-electron chi connectivity index (χ1n) is 12.4. The molecule has 1 saturated heterocycles. The molecule has 1 aliphatic heterocycles. The summed E-state index contributed by atoms with van der Waals surface area (Å²) in [5.41, 5.74) is 11.2. The third-order valence-electron chi connectivity index (χ3n) is 6.82. The van der Waals surface area contributed by atoms with Crippen LogP contribution in [-0.4, -0.2) is 51.3 Å². The van der Waals surface area contributed by atoms with Gasteiger partial charge in [-0.25, -0.2) is 4.98 Å². The molecule has 3 aromatic rings. The van der Waals surface area contributed by atoms with Crippen LogP contribution in [-0.2, 0) is 6.54 Å². The monoisotopic (exact) mass is 545 g/mol. The van der Waals surface area contributed by atoms with Gasteiger partial charge in [0.1, 0.15) is 17.1 Å². The zero-order valence-corrected chi connectivity index (χ0v) is 23.0. The van der Waals surface area contributed by atoms with Crippen molar-refractivity contribution in [2.45, 2.75) is 52.2 Å². The quantitative estimate of drug-likeness (QED) is 0.333. The van der Waals surface area contributed by atoms with Gasteiger partial charge in [-0.15, -0.1) is 12.4 Å². The Morgan fingerprint density at radius 2 is 1.97 bits per heavy atom. The summed E-state index contributed by atoms with van der Waals surface area (Å²) in [6.07, 6.45) is 4.89. The second-order valence-electron chi connectivity index (χ2n) is 10.1. The van der Waals surface area contributed by atoms with Crippen molar-refractivity contribution in [2.75, 3.05) is 36.1 Å². The van der Waals surface area contributed by atoms with Gasteiger partial charge in [-0.2, -0.15) is 4.98 Å². The van der Waals surface area contributed by atoms with Crippen molar-refractivity contribution in [2.24, 2.45) is 11.7 Å². The number of aliphatic hydroxyl groups is 1. The van der Waals surface area contributed by atoms with Crippen molar-refractivity contribution in [3.63, 3.8) is 0 Å². The second kappa shape index (κ2) is 11.4. The molecule has 0 atom stereocenters. The van der Waals surface area contributed by atoms with Crippen LogP contribution in [0.4, 0.5) is 23.1 Å². The fourth-order valence-corrected chi connectivity index (χ4v) is 4.78. The molecular formula is C26H36ClN7O4. The zero-order valence-electron chi connectivity index (χ0n) is 22.2. The largest absolute Gasteiger partial charge is 0.494 e. The third-order valence-corrected chi connectivity index (χ3v) is 6.82. The van der Waals surface area contributed by atoms with Crippen LogP contribution >= 0.6 is 12.4 Å². The Hall–Kier alpha value is -3.57. The van der Waals surface area contributed by atoms with Gasteiger partial charge in [0.05, 0.1) is 30.3 Å². The van der Waals surface area contributed by atoms with E-state index in [0.717, 1.165) is 24.7 Å². The molecule has 0 bridgehead atoms. The molecule has 1 fully saturated rings. The first-order valence-corrected chi connectivity index (χ1v) is 12.4. The number of methoxy groups -OCH3 is 1. The van der Waals surface area contributed by atoms with Gasteiger partial charge in [-0.3, -0.25) is 9.59 Å². The maximum absolute atomic E-state index is 12.9. The number of nitrogens with two attached hydrogens (primary N) is 2. The van der Waals surface area contributed by atoms with Gasteiger partial charge >= 0.3 is 0 Å². The number of anilines is 4. The molecule has 0 aliphatic carbocycles. The molecule has 6 N–H and O–H groups in total. The highest BCUT2D eigenvalue weighted by molar-refractivity contribution is 6.00. The van der Waals surface area contributed by atoms with Crippen molar-refractivity contribution < 1.29 is 14.6 Å². The van der Waals surface area contributed by atoms with Gasteiger partial charge in [0.25, 0.3) is 5.91 Å². The molecule has 1 aliphatic rings. The number of ether oxygens (including phenoxy) is 1. The number of piperidine rings is 1. The van der Waals surface area contributed by atoms with E-state index < -0.39 is 16.9 Å². The molecule has 2 aromatic heterocycles. The lowest BCUT2D eigenvalue weighted by Crippen LogP contribution is -2.33. The number of carbonyl (C=O) groups excluding carboxylic acids is 1. The number of benzene rings is 1. The number of nitrogens with zero attached hydrogens (tertiary/aromatic N) is 4. The molecule has 0 radical (unpaired) electrons. The lowest BCUT2D eigenvalue weighted by Gasteiger charge is -2.33. The number of nitrogen functional groups attached to an aromatic ring is 1. The number of pyridine rings is 1. The standard InChI is InChI=1S/C26H35N7O4.ClH/c1-5-15-8-10-32(11-9-15)16-6-7-18(19(12-16)37-4)30-25-29-13-17-21(34)20(23(28)35)22(27)33(24(17)31-25)14-26(2,3)36;/h6-7,12-13,15,36H,5,8-11,14,27H2,1-4H3,(H2,28,35)(H,29,30,31);1H. The summed E-state index contributed by atoms with van der Waals surface area (Å²) in [5.74, 6) is 0.477. The lowest BCUT2D eigenvalue weighted by atomic mass is 9.94. The minimum atomic E-state index is -1.21. The van der Waals surface area contributed by atoms with Gasteiger partial charge in [-0.1, -0.05) is 13.3 Å². The van der Waals surface area contributed by atoms with Crippen LogP contribution in [0.3, 0.4) is 0 Å². The molecule has 0 saturated carbocycles. The van der Waals surface area contributed by atoms with E-state index in [-0.39, 0.29) is 47.3 Å². The Bertz CT molecular complexity index is 1380. The predicted octanol–water partition coefficient (Wildman–Crippen LogP) is 3.04. The second-order valence-corrected chi connectivity index (χ2v) is 10.1. The van der Waals surface area contributed by atoms with E-state index in [1.54, 1.807) is 21.0 Å². The minimum Gasteiger partial charge on any atom is -0.494 e. The van der Waals surface area contributed by atoms with Crippen LogP contribution in [0.2, 0.25) is 0 Å². The SMILES string of the molecule is CCC1CCN(c2ccc(Nc3ncc4c(=O)c(C(N)=O)c(N)n(CC(C)(C)O)c4n3)c(OC)c2)CC1.Cl. The van der Waals surface area contributed by atoms with Crippen molar-refractivity contribution in [3.05, 3.63) is 40.2 Å². The van der Waals surface area contributed by atoms with Crippen LogP contribution in [0.25, 0.3) is 11.0 Å². The summed E-state index contributed by atoms with van der Waals surface area (Å²) < 4.78 is 7.05. The van der Waals surface area contributed by atoms with E-state index in [4.69, 9.17) is 16.2 Å². The summed E-state index contributed by atoms with van der Waals surface area (Å²) >= 11 is 0. The fourth-order valence-electron chi connectivity index (χ4n) is 4.78. The third kappa shape index (κ3) is 5.94. The average Bonchev–Trinajstić information content (AvgIpc) is 2.86. The summed E-state index contributed by atoms with van der Waals surface area (Å²) in [5, 5.41) is 13.7.